The average Bonchev–Trinajstić information content (AvgIpc) is 3.10. The first-order valence-electron chi connectivity index (χ1n) is 11.5. The van der Waals surface area contributed by atoms with Crippen molar-refractivity contribution in [2.75, 3.05) is 44.2 Å². The Kier molecular flexibility index (Phi) is 8.48. The van der Waals surface area contributed by atoms with E-state index in [2.05, 4.69) is 11.0 Å². The van der Waals surface area contributed by atoms with Crippen LogP contribution in [-0.4, -0.2) is 62.8 Å². The summed E-state index contributed by atoms with van der Waals surface area (Å²) in [6.07, 6.45) is 1.88. The molecule has 0 atom stereocenters. The van der Waals surface area contributed by atoms with Crippen LogP contribution in [0.1, 0.15) is 37.8 Å². The van der Waals surface area contributed by atoms with Crippen molar-refractivity contribution in [3.63, 3.8) is 0 Å². The predicted octanol–water partition coefficient (Wildman–Crippen LogP) is 3.26. The van der Waals surface area contributed by atoms with Crippen LogP contribution in [0.2, 0.25) is 0 Å². The molecular weight excluding hydrogens is 436 g/mol. The number of carbonyl (C=O) groups excluding carboxylic acids is 1. The van der Waals surface area contributed by atoms with Gasteiger partial charge >= 0.3 is 0 Å². The SMILES string of the molecule is CCN(CC)S(=O)(=O)c1ccc(CCC(=O)N2CCCN(c3ccc(C#N)cc3)CC2)cc1. The van der Waals surface area contributed by atoms with E-state index in [-0.39, 0.29) is 10.8 Å². The van der Waals surface area contributed by atoms with Crippen LogP contribution in [0.4, 0.5) is 5.69 Å². The number of sulfonamides is 1. The van der Waals surface area contributed by atoms with Crippen LogP contribution in [0.3, 0.4) is 0 Å². The molecule has 0 spiro atoms. The number of aryl methyl sites for hydroxylation is 1. The normalized spacial score (nSPS) is 14.7. The zero-order valence-electron chi connectivity index (χ0n) is 19.4. The van der Waals surface area contributed by atoms with E-state index in [1.165, 1.54) is 4.31 Å². The molecule has 0 saturated carbocycles. The summed E-state index contributed by atoms with van der Waals surface area (Å²) in [5.41, 5.74) is 2.67. The fraction of sp³-hybridized carbons (Fsp3) is 0.440. The maximum absolute atomic E-state index is 12.8. The molecule has 0 aromatic heterocycles. The summed E-state index contributed by atoms with van der Waals surface area (Å²) in [6, 6.07) is 16.6. The lowest BCUT2D eigenvalue weighted by atomic mass is 10.1. The minimum Gasteiger partial charge on any atom is -0.370 e. The van der Waals surface area contributed by atoms with Crippen molar-refractivity contribution < 1.29 is 13.2 Å². The molecule has 1 aliphatic rings. The molecule has 1 heterocycles. The summed E-state index contributed by atoms with van der Waals surface area (Å²) < 4.78 is 26.7. The van der Waals surface area contributed by atoms with Gasteiger partial charge in [0.1, 0.15) is 0 Å². The Morgan fingerprint density at radius 1 is 0.970 bits per heavy atom. The van der Waals surface area contributed by atoms with Crippen molar-refractivity contribution in [3.05, 3.63) is 59.7 Å². The Morgan fingerprint density at radius 2 is 1.64 bits per heavy atom. The lowest BCUT2D eigenvalue weighted by Gasteiger charge is -2.24. The van der Waals surface area contributed by atoms with E-state index in [0.29, 0.717) is 38.0 Å². The molecule has 176 valence electrons. The molecule has 8 heteroatoms. The number of rotatable bonds is 8. The lowest BCUT2D eigenvalue weighted by Crippen LogP contribution is -2.35. The molecule has 0 unspecified atom stereocenters. The largest absolute Gasteiger partial charge is 0.370 e. The van der Waals surface area contributed by atoms with Gasteiger partial charge in [-0.15, -0.1) is 0 Å². The molecule has 0 N–H and O–H groups in total. The van der Waals surface area contributed by atoms with Gasteiger partial charge in [-0.1, -0.05) is 26.0 Å². The van der Waals surface area contributed by atoms with Crippen LogP contribution in [0.25, 0.3) is 0 Å². The molecule has 0 aliphatic carbocycles. The smallest absolute Gasteiger partial charge is 0.243 e. The van der Waals surface area contributed by atoms with E-state index in [0.717, 1.165) is 37.3 Å². The molecule has 7 nitrogen and oxygen atoms in total. The van der Waals surface area contributed by atoms with Gasteiger partial charge in [0.2, 0.25) is 15.9 Å². The first kappa shape index (κ1) is 24.7. The maximum atomic E-state index is 12.8. The van der Waals surface area contributed by atoms with E-state index >= 15 is 0 Å². The predicted molar refractivity (Wildman–Crippen MR) is 129 cm³/mol. The number of nitriles is 1. The molecule has 33 heavy (non-hydrogen) atoms. The van der Waals surface area contributed by atoms with Crippen LogP contribution < -0.4 is 4.90 Å². The minimum absolute atomic E-state index is 0.122. The average molecular weight is 469 g/mol. The van der Waals surface area contributed by atoms with Gasteiger partial charge in [0.05, 0.1) is 16.5 Å². The highest BCUT2D eigenvalue weighted by atomic mass is 32.2. The molecule has 1 saturated heterocycles. The van der Waals surface area contributed by atoms with Crippen molar-refractivity contribution in [1.29, 1.82) is 5.26 Å². The van der Waals surface area contributed by atoms with Crippen molar-refractivity contribution in [2.45, 2.75) is 38.0 Å². The topological polar surface area (TPSA) is 84.7 Å². The van der Waals surface area contributed by atoms with Crippen LogP contribution in [0.5, 0.6) is 0 Å². The highest BCUT2D eigenvalue weighted by Crippen LogP contribution is 2.19. The van der Waals surface area contributed by atoms with Gasteiger partial charge in [-0.3, -0.25) is 4.79 Å². The highest BCUT2D eigenvalue weighted by molar-refractivity contribution is 7.89. The zero-order chi connectivity index (χ0) is 23.8. The van der Waals surface area contributed by atoms with E-state index in [1.54, 1.807) is 24.3 Å². The monoisotopic (exact) mass is 468 g/mol. The van der Waals surface area contributed by atoms with Crippen LogP contribution in [0.15, 0.2) is 53.4 Å². The number of amides is 1. The number of carbonyl (C=O) groups is 1. The van der Waals surface area contributed by atoms with Crippen LogP contribution in [0, 0.1) is 11.3 Å². The highest BCUT2D eigenvalue weighted by Gasteiger charge is 2.22. The summed E-state index contributed by atoms with van der Waals surface area (Å²) in [5.74, 6) is 0.122. The van der Waals surface area contributed by atoms with E-state index < -0.39 is 10.0 Å². The second-order valence-corrected chi connectivity index (χ2v) is 10.1. The third-order valence-electron chi connectivity index (χ3n) is 6.10. The Balaban J connectivity index is 1.54. The summed E-state index contributed by atoms with van der Waals surface area (Å²) in [4.78, 5) is 17.3. The molecule has 2 aromatic rings. The van der Waals surface area contributed by atoms with Crippen LogP contribution >= 0.6 is 0 Å². The molecule has 0 bridgehead atoms. The van der Waals surface area contributed by atoms with Gasteiger partial charge < -0.3 is 9.80 Å². The molecule has 1 aliphatic heterocycles. The zero-order valence-corrected chi connectivity index (χ0v) is 20.2. The molecule has 1 amide bonds. The summed E-state index contributed by atoms with van der Waals surface area (Å²) >= 11 is 0. The van der Waals surface area contributed by atoms with E-state index in [1.807, 2.05) is 43.0 Å². The Labute approximate surface area is 197 Å². The van der Waals surface area contributed by atoms with E-state index in [4.69, 9.17) is 5.26 Å². The van der Waals surface area contributed by atoms with Gasteiger partial charge in [-0.2, -0.15) is 9.57 Å². The van der Waals surface area contributed by atoms with Gasteiger partial charge in [0, 0.05) is 51.4 Å². The maximum Gasteiger partial charge on any atom is 0.243 e. The van der Waals surface area contributed by atoms with Gasteiger partial charge in [-0.25, -0.2) is 8.42 Å². The summed E-state index contributed by atoms with van der Waals surface area (Å²) in [7, 11) is -3.46. The van der Waals surface area contributed by atoms with Crippen molar-refractivity contribution in [1.82, 2.24) is 9.21 Å². The number of benzene rings is 2. The minimum atomic E-state index is -3.46. The van der Waals surface area contributed by atoms with Gasteiger partial charge in [0.15, 0.2) is 0 Å². The molecule has 1 fully saturated rings. The standard InChI is InChI=1S/C25H32N4O3S/c1-3-29(4-2)33(31,32)24-13-8-21(9-14-24)10-15-25(30)28-17-5-16-27(18-19-28)23-11-6-22(20-26)7-12-23/h6-9,11-14H,3-5,10,15-19H2,1-2H3. The fourth-order valence-corrected chi connectivity index (χ4v) is 5.58. The van der Waals surface area contributed by atoms with Crippen LogP contribution in [-0.2, 0) is 21.2 Å². The molecular formula is C25H32N4O3S. The third-order valence-corrected chi connectivity index (χ3v) is 8.17. The first-order chi connectivity index (χ1) is 15.9. The first-order valence-corrected chi connectivity index (χ1v) is 12.9. The second-order valence-electron chi connectivity index (χ2n) is 8.11. The second kappa shape index (κ2) is 11.3. The van der Waals surface area contributed by atoms with Crippen molar-refractivity contribution >= 4 is 21.6 Å². The molecule has 3 rings (SSSR count). The van der Waals surface area contributed by atoms with Crippen molar-refractivity contribution in [2.24, 2.45) is 0 Å². The van der Waals surface area contributed by atoms with Gasteiger partial charge in [0.25, 0.3) is 0 Å². The summed E-state index contributed by atoms with van der Waals surface area (Å²) in [6.45, 7) is 7.56. The summed E-state index contributed by atoms with van der Waals surface area (Å²) in [5, 5.41) is 8.97. The van der Waals surface area contributed by atoms with E-state index in [9.17, 15) is 13.2 Å². The molecule has 0 radical (unpaired) electrons. The Morgan fingerprint density at radius 3 is 2.24 bits per heavy atom. The number of anilines is 1. The quantitative estimate of drug-likeness (QED) is 0.594. The van der Waals surface area contributed by atoms with Gasteiger partial charge in [-0.05, 0) is 54.8 Å². The Hall–Kier alpha value is -2.89. The lowest BCUT2D eigenvalue weighted by molar-refractivity contribution is -0.130. The number of nitrogens with zero attached hydrogens (tertiary/aromatic N) is 4. The van der Waals surface area contributed by atoms with Crippen molar-refractivity contribution in [3.8, 4) is 6.07 Å². The fourth-order valence-electron chi connectivity index (χ4n) is 4.12. The number of hydrogen-bond donors (Lipinski definition) is 0. The number of hydrogen-bond acceptors (Lipinski definition) is 5. The third kappa shape index (κ3) is 6.12. The Bertz CT molecular complexity index is 1070. The molecule has 2 aromatic carbocycles.